The van der Waals surface area contributed by atoms with Crippen LogP contribution in [0.15, 0.2) is 30.3 Å². The molecule has 0 amide bonds. The molecule has 170 valence electrons. The molecule has 3 heterocycles. The lowest BCUT2D eigenvalue weighted by molar-refractivity contribution is -0.256. The standard InChI is InChI=1S/C25H34O6/c1-4-10-18(11-5-1)16-26-17-19-20-21(29-24(28-20)12-6-2-7-13-24)22-23(27-19)31-25(30-22)14-8-3-9-15-25/h1,4-5,10-11,19-23H,2-3,6-9,12-17H2/t19-,20+,21+,22-,23+/m1/s1. The molecular weight excluding hydrogens is 396 g/mol. The van der Waals surface area contributed by atoms with Crippen LogP contribution in [0.25, 0.3) is 0 Å². The van der Waals surface area contributed by atoms with E-state index in [1.165, 1.54) is 12.8 Å². The third kappa shape index (κ3) is 3.96. The summed E-state index contributed by atoms with van der Waals surface area (Å²) >= 11 is 0. The maximum Gasteiger partial charge on any atom is 0.190 e. The van der Waals surface area contributed by atoms with Crippen LogP contribution >= 0.6 is 0 Å². The maximum absolute atomic E-state index is 6.67. The lowest BCUT2D eigenvalue weighted by atomic mass is 9.94. The van der Waals surface area contributed by atoms with Gasteiger partial charge in [0, 0.05) is 25.7 Å². The highest BCUT2D eigenvalue weighted by molar-refractivity contribution is 5.13. The summed E-state index contributed by atoms with van der Waals surface area (Å²) in [5.74, 6) is -1.00. The second-order valence-corrected chi connectivity index (χ2v) is 9.85. The average Bonchev–Trinajstić information content (AvgIpc) is 3.34. The summed E-state index contributed by atoms with van der Waals surface area (Å²) in [6, 6.07) is 10.2. The molecule has 6 nitrogen and oxygen atoms in total. The van der Waals surface area contributed by atoms with E-state index in [9.17, 15) is 0 Å². The summed E-state index contributed by atoms with van der Waals surface area (Å²) < 4.78 is 38.8. The minimum Gasteiger partial charge on any atom is -0.374 e. The van der Waals surface area contributed by atoms with E-state index >= 15 is 0 Å². The van der Waals surface area contributed by atoms with E-state index in [1.54, 1.807) is 0 Å². The van der Waals surface area contributed by atoms with E-state index in [1.807, 2.05) is 18.2 Å². The first kappa shape index (κ1) is 20.6. The molecule has 2 aliphatic carbocycles. The zero-order valence-electron chi connectivity index (χ0n) is 18.2. The third-order valence-corrected chi connectivity index (χ3v) is 7.60. The summed E-state index contributed by atoms with van der Waals surface area (Å²) in [7, 11) is 0. The monoisotopic (exact) mass is 430 g/mol. The van der Waals surface area contributed by atoms with Gasteiger partial charge in [0.25, 0.3) is 0 Å². The van der Waals surface area contributed by atoms with Gasteiger partial charge >= 0.3 is 0 Å². The molecule has 6 rings (SSSR count). The van der Waals surface area contributed by atoms with Gasteiger partial charge in [-0.05, 0) is 31.2 Å². The number of ether oxygens (including phenoxy) is 6. The molecule has 1 aromatic rings. The highest BCUT2D eigenvalue weighted by Gasteiger charge is 2.63. The second-order valence-electron chi connectivity index (χ2n) is 9.85. The Kier molecular flexibility index (Phi) is 5.57. The van der Waals surface area contributed by atoms with Crippen LogP contribution in [0.3, 0.4) is 0 Å². The van der Waals surface area contributed by atoms with E-state index in [2.05, 4.69) is 12.1 Å². The Hall–Kier alpha value is -1.02. The molecule has 0 N–H and O–H groups in total. The van der Waals surface area contributed by atoms with Crippen LogP contribution in [0.1, 0.15) is 69.8 Å². The summed E-state index contributed by atoms with van der Waals surface area (Å²) in [6.07, 6.45) is 9.60. The SMILES string of the molecule is c1ccc(COC[C@H]2O[C@H]3OC4(CCCCC4)O[C@@H]3[C@H]3OC4(CCCCC4)O[C@H]32)cc1. The molecule has 31 heavy (non-hydrogen) atoms. The molecule has 3 saturated heterocycles. The van der Waals surface area contributed by atoms with Crippen molar-refractivity contribution in [2.24, 2.45) is 0 Å². The van der Waals surface area contributed by atoms with Crippen molar-refractivity contribution < 1.29 is 28.4 Å². The van der Waals surface area contributed by atoms with Gasteiger partial charge in [-0.1, -0.05) is 43.2 Å². The highest BCUT2D eigenvalue weighted by Crippen LogP contribution is 2.50. The molecule has 0 bridgehead atoms. The Morgan fingerprint density at radius 2 is 1.32 bits per heavy atom. The number of fused-ring (bicyclic) bond motifs is 3. The van der Waals surface area contributed by atoms with E-state index in [4.69, 9.17) is 28.4 Å². The average molecular weight is 431 g/mol. The highest BCUT2D eigenvalue weighted by atomic mass is 16.9. The number of rotatable bonds is 4. The molecule has 5 fully saturated rings. The van der Waals surface area contributed by atoms with Crippen molar-refractivity contribution in [3.8, 4) is 0 Å². The zero-order chi connectivity index (χ0) is 20.7. The molecule has 2 spiro atoms. The van der Waals surface area contributed by atoms with Gasteiger partial charge in [0.2, 0.25) is 0 Å². The van der Waals surface area contributed by atoms with Crippen molar-refractivity contribution in [3.63, 3.8) is 0 Å². The summed E-state index contributed by atoms with van der Waals surface area (Å²) in [5.41, 5.74) is 1.15. The van der Waals surface area contributed by atoms with Crippen molar-refractivity contribution in [2.75, 3.05) is 6.61 Å². The summed E-state index contributed by atoms with van der Waals surface area (Å²) in [5, 5.41) is 0. The van der Waals surface area contributed by atoms with Gasteiger partial charge in [0.15, 0.2) is 17.9 Å². The van der Waals surface area contributed by atoms with E-state index < -0.39 is 17.9 Å². The Morgan fingerprint density at radius 1 is 0.710 bits per heavy atom. The molecule has 2 saturated carbocycles. The number of benzene rings is 1. The van der Waals surface area contributed by atoms with Gasteiger partial charge in [-0.3, -0.25) is 0 Å². The molecule has 1 aromatic carbocycles. The van der Waals surface area contributed by atoms with Gasteiger partial charge in [-0.2, -0.15) is 0 Å². The first-order valence-electron chi connectivity index (χ1n) is 12.2. The predicted molar refractivity (Wildman–Crippen MR) is 112 cm³/mol. The Labute approximate surface area is 184 Å². The first-order valence-corrected chi connectivity index (χ1v) is 12.2. The van der Waals surface area contributed by atoms with E-state index in [0.29, 0.717) is 13.2 Å². The third-order valence-electron chi connectivity index (χ3n) is 7.60. The first-order chi connectivity index (χ1) is 15.2. The molecule has 5 atom stereocenters. The Morgan fingerprint density at radius 3 is 2.03 bits per heavy atom. The van der Waals surface area contributed by atoms with Gasteiger partial charge in [0.05, 0.1) is 13.2 Å². The fourth-order valence-electron chi connectivity index (χ4n) is 6.04. The topological polar surface area (TPSA) is 55.4 Å². The normalized spacial score (nSPS) is 38.3. The van der Waals surface area contributed by atoms with Gasteiger partial charge in [0.1, 0.15) is 24.4 Å². The molecule has 0 radical (unpaired) electrons. The van der Waals surface area contributed by atoms with Gasteiger partial charge in [-0.25, -0.2) is 0 Å². The van der Waals surface area contributed by atoms with Crippen LogP contribution in [0, 0.1) is 0 Å². The summed E-state index contributed by atoms with van der Waals surface area (Å²) in [6.45, 7) is 1.01. The second kappa shape index (κ2) is 8.40. The van der Waals surface area contributed by atoms with Crippen LogP contribution in [0.4, 0.5) is 0 Å². The number of hydrogen-bond donors (Lipinski definition) is 0. The molecule has 5 aliphatic rings. The minimum absolute atomic E-state index is 0.163. The van der Waals surface area contributed by atoms with E-state index in [0.717, 1.165) is 56.9 Å². The molecular formula is C25H34O6. The van der Waals surface area contributed by atoms with Crippen molar-refractivity contribution >= 4 is 0 Å². The zero-order valence-corrected chi connectivity index (χ0v) is 18.2. The van der Waals surface area contributed by atoms with E-state index in [-0.39, 0.29) is 24.4 Å². The van der Waals surface area contributed by atoms with Crippen molar-refractivity contribution in [2.45, 2.75) is 113 Å². The van der Waals surface area contributed by atoms with Crippen LogP contribution in [-0.4, -0.2) is 48.9 Å². The minimum atomic E-state index is -0.510. The van der Waals surface area contributed by atoms with Crippen molar-refractivity contribution in [1.29, 1.82) is 0 Å². The molecule has 0 unspecified atom stereocenters. The lowest BCUT2D eigenvalue weighted by Gasteiger charge is -2.37. The van der Waals surface area contributed by atoms with Crippen LogP contribution < -0.4 is 0 Å². The fourth-order valence-corrected chi connectivity index (χ4v) is 6.04. The van der Waals surface area contributed by atoms with Crippen molar-refractivity contribution in [3.05, 3.63) is 35.9 Å². The number of hydrogen-bond acceptors (Lipinski definition) is 6. The van der Waals surface area contributed by atoms with Crippen molar-refractivity contribution in [1.82, 2.24) is 0 Å². The lowest BCUT2D eigenvalue weighted by Crippen LogP contribution is -2.56. The van der Waals surface area contributed by atoms with Crippen LogP contribution in [0.5, 0.6) is 0 Å². The largest absolute Gasteiger partial charge is 0.374 e. The fraction of sp³-hybridized carbons (Fsp3) is 0.760. The Balaban J connectivity index is 1.19. The quantitative estimate of drug-likeness (QED) is 0.704. The van der Waals surface area contributed by atoms with Crippen LogP contribution in [-0.2, 0) is 35.0 Å². The van der Waals surface area contributed by atoms with Gasteiger partial charge in [-0.15, -0.1) is 0 Å². The molecule has 6 heteroatoms. The van der Waals surface area contributed by atoms with Crippen LogP contribution in [0.2, 0.25) is 0 Å². The Bertz CT molecular complexity index is 742. The van der Waals surface area contributed by atoms with Gasteiger partial charge < -0.3 is 28.4 Å². The smallest absolute Gasteiger partial charge is 0.190 e. The maximum atomic E-state index is 6.67. The predicted octanol–water partition coefficient (Wildman–Crippen LogP) is 4.45. The molecule has 0 aromatic heterocycles. The molecule has 3 aliphatic heterocycles. The summed E-state index contributed by atoms with van der Waals surface area (Å²) in [4.78, 5) is 0.